The molecule has 1 unspecified atom stereocenters. The summed E-state index contributed by atoms with van der Waals surface area (Å²) in [6.07, 6.45) is -0.300. The number of hydrogen-bond donors (Lipinski definition) is 0. The van der Waals surface area contributed by atoms with Crippen molar-refractivity contribution in [1.82, 2.24) is 0 Å². The van der Waals surface area contributed by atoms with Crippen LogP contribution >= 0.6 is 0 Å². The van der Waals surface area contributed by atoms with Gasteiger partial charge in [0.15, 0.2) is 6.61 Å². The van der Waals surface area contributed by atoms with Crippen molar-refractivity contribution in [3.8, 4) is 0 Å². The van der Waals surface area contributed by atoms with Crippen LogP contribution in [0.15, 0.2) is 12.2 Å². The second-order valence-corrected chi connectivity index (χ2v) is 3.30. The first-order valence-electron chi connectivity index (χ1n) is 4.70. The predicted molar refractivity (Wildman–Crippen MR) is 51.0 cm³/mol. The minimum atomic E-state index is -0.858. The van der Waals surface area contributed by atoms with Crippen LogP contribution in [-0.4, -0.2) is 30.8 Å². The number of cyclic esters (lactones) is 1. The fraction of sp³-hybridized carbons (Fsp3) is 0.500. The molecule has 0 N–H and O–H groups in total. The summed E-state index contributed by atoms with van der Waals surface area (Å²) in [6.45, 7) is 4.30. The highest BCUT2D eigenvalue weighted by molar-refractivity contribution is 5.88. The zero-order chi connectivity index (χ0) is 12.1. The van der Waals surface area contributed by atoms with Gasteiger partial charge in [0.25, 0.3) is 0 Å². The lowest BCUT2D eigenvalue weighted by molar-refractivity contribution is -0.182. The molecule has 1 rings (SSSR count). The summed E-state index contributed by atoms with van der Waals surface area (Å²) in [6, 6.07) is 0. The van der Waals surface area contributed by atoms with Crippen LogP contribution in [0.4, 0.5) is 0 Å². The van der Waals surface area contributed by atoms with E-state index in [1.54, 1.807) is 0 Å². The Balaban J connectivity index is 2.23. The van der Waals surface area contributed by atoms with Crippen molar-refractivity contribution < 1.29 is 28.6 Å². The average Bonchev–Trinajstić information content (AvgIpc) is 2.60. The Hall–Kier alpha value is -1.85. The first-order chi connectivity index (χ1) is 7.49. The maximum atomic E-state index is 11.1. The fourth-order valence-corrected chi connectivity index (χ4v) is 1.01. The molecule has 1 aliphatic rings. The van der Waals surface area contributed by atoms with Crippen LogP contribution in [-0.2, 0) is 28.6 Å². The molecule has 0 aliphatic carbocycles. The molecule has 16 heavy (non-hydrogen) atoms. The molecular weight excluding hydrogens is 216 g/mol. The van der Waals surface area contributed by atoms with Crippen LogP contribution in [0.2, 0.25) is 0 Å². The third-order valence-corrected chi connectivity index (χ3v) is 1.78. The third kappa shape index (κ3) is 3.72. The largest absolute Gasteiger partial charge is 0.450 e. The average molecular weight is 228 g/mol. The predicted octanol–water partition coefficient (Wildman–Crippen LogP) is 0.312. The Labute approximate surface area is 92.2 Å². The number of ether oxygens (including phenoxy) is 3. The smallest absolute Gasteiger partial charge is 0.347 e. The molecule has 1 heterocycles. The number of hydrogen-bond acceptors (Lipinski definition) is 6. The molecule has 0 bridgehead atoms. The molecule has 0 spiro atoms. The number of carbonyl (C=O) groups is 3. The molecule has 0 aromatic heterocycles. The molecule has 0 amide bonds. The van der Waals surface area contributed by atoms with Gasteiger partial charge in [0.1, 0.15) is 0 Å². The van der Waals surface area contributed by atoms with E-state index in [9.17, 15) is 14.4 Å². The van der Waals surface area contributed by atoms with Crippen LogP contribution in [0.1, 0.15) is 19.8 Å². The molecule has 0 aromatic rings. The molecule has 88 valence electrons. The zero-order valence-corrected chi connectivity index (χ0v) is 8.86. The van der Waals surface area contributed by atoms with Crippen LogP contribution in [0.5, 0.6) is 0 Å². The van der Waals surface area contributed by atoms with Crippen molar-refractivity contribution in [2.45, 2.75) is 26.1 Å². The third-order valence-electron chi connectivity index (χ3n) is 1.78. The molecule has 1 aliphatic heterocycles. The Kier molecular flexibility index (Phi) is 4.04. The maximum Gasteiger partial charge on any atom is 0.347 e. The highest BCUT2D eigenvalue weighted by Crippen LogP contribution is 2.14. The van der Waals surface area contributed by atoms with Gasteiger partial charge >= 0.3 is 17.9 Å². The molecule has 1 atom stereocenters. The minimum absolute atomic E-state index is 0.195. The van der Waals surface area contributed by atoms with E-state index in [0.717, 1.165) is 0 Å². The van der Waals surface area contributed by atoms with E-state index in [0.29, 0.717) is 6.42 Å². The van der Waals surface area contributed by atoms with Gasteiger partial charge in [0.2, 0.25) is 6.29 Å². The second-order valence-electron chi connectivity index (χ2n) is 3.30. The van der Waals surface area contributed by atoms with E-state index >= 15 is 0 Å². The lowest BCUT2D eigenvalue weighted by Crippen LogP contribution is -2.22. The molecule has 6 heteroatoms. The van der Waals surface area contributed by atoms with E-state index in [2.05, 4.69) is 16.1 Å². The van der Waals surface area contributed by atoms with Crippen molar-refractivity contribution >= 4 is 17.9 Å². The topological polar surface area (TPSA) is 78.9 Å². The molecule has 0 aromatic carbocycles. The van der Waals surface area contributed by atoms with Gasteiger partial charge in [0.05, 0.1) is 6.42 Å². The van der Waals surface area contributed by atoms with Crippen LogP contribution in [0.3, 0.4) is 0 Å². The quantitative estimate of drug-likeness (QED) is 0.509. The summed E-state index contributed by atoms with van der Waals surface area (Å²) in [7, 11) is 0. The van der Waals surface area contributed by atoms with Gasteiger partial charge in [-0.2, -0.15) is 0 Å². The van der Waals surface area contributed by atoms with E-state index < -0.39 is 30.8 Å². The van der Waals surface area contributed by atoms with Gasteiger partial charge in [0, 0.05) is 12.0 Å². The summed E-state index contributed by atoms with van der Waals surface area (Å²) in [5.74, 6) is -1.83. The fourth-order valence-electron chi connectivity index (χ4n) is 1.01. The van der Waals surface area contributed by atoms with E-state index in [1.807, 2.05) is 0 Å². The first-order valence-corrected chi connectivity index (χ1v) is 4.70. The molecule has 1 fully saturated rings. The Morgan fingerprint density at radius 3 is 2.75 bits per heavy atom. The van der Waals surface area contributed by atoms with Crippen molar-refractivity contribution in [3.63, 3.8) is 0 Å². The van der Waals surface area contributed by atoms with Gasteiger partial charge in [-0.05, 0) is 6.92 Å². The lowest BCUT2D eigenvalue weighted by Gasteiger charge is -2.10. The van der Waals surface area contributed by atoms with Crippen LogP contribution in [0.25, 0.3) is 0 Å². The number of esters is 3. The SMILES string of the molecule is C=C(C)C(=O)OCC(=O)OC1CCC(=O)O1. The summed E-state index contributed by atoms with van der Waals surface area (Å²) in [5, 5.41) is 0. The summed E-state index contributed by atoms with van der Waals surface area (Å²) in [5.41, 5.74) is 0.195. The highest BCUT2D eigenvalue weighted by atomic mass is 16.7. The van der Waals surface area contributed by atoms with Crippen molar-refractivity contribution in [3.05, 3.63) is 12.2 Å². The molecule has 6 nitrogen and oxygen atoms in total. The molecular formula is C10H12O6. The first kappa shape index (κ1) is 12.2. The van der Waals surface area contributed by atoms with Gasteiger partial charge in [-0.3, -0.25) is 4.79 Å². The standard InChI is InChI=1S/C10H12O6/c1-6(2)10(13)14-5-8(12)16-9-4-3-7(11)15-9/h9H,1,3-5H2,2H3. The maximum absolute atomic E-state index is 11.1. The Morgan fingerprint density at radius 2 is 2.25 bits per heavy atom. The van der Waals surface area contributed by atoms with E-state index in [1.165, 1.54) is 6.92 Å². The number of rotatable bonds is 4. The van der Waals surface area contributed by atoms with E-state index in [-0.39, 0.29) is 12.0 Å². The van der Waals surface area contributed by atoms with Crippen LogP contribution < -0.4 is 0 Å². The van der Waals surface area contributed by atoms with Gasteiger partial charge < -0.3 is 14.2 Å². The summed E-state index contributed by atoms with van der Waals surface area (Å²) >= 11 is 0. The zero-order valence-electron chi connectivity index (χ0n) is 8.86. The Morgan fingerprint density at radius 1 is 1.56 bits per heavy atom. The van der Waals surface area contributed by atoms with Crippen molar-refractivity contribution in [2.75, 3.05) is 6.61 Å². The monoisotopic (exact) mass is 228 g/mol. The Bertz CT molecular complexity index is 332. The van der Waals surface area contributed by atoms with Crippen LogP contribution in [0, 0.1) is 0 Å². The molecule has 0 radical (unpaired) electrons. The lowest BCUT2D eigenvalue weighted by atomic mass is 10.3. The van der Waals surface area contributed by atoms with Crippen molar-refractivity contribution in [1.29, 1.82) is 0 Å². The minimum Gasteiger partial charge on any atom is -0.450 e. The number of carbonyl (C=O) groups excluding carboxylic acids is 3. The molecule has 1 saturated heterocycles. The second kappa shape index (κ2) is 5.29. The summed E-state index contributed by atoms with van der Waals surface area (Å²) < 4.78 is 13.9. The normalized spacial score (nSPS) is 18.8. The summed E-state index contributed by atoms with van der Waals surface area (Å²) in [4.78, 5) is 32.7. The van der Waals surface area contributed by atoms with Gasteiger partial charge in [-0.15, -0.1) is 0 Å². The van der Waals surface area contributed by atoms with Crippen molar-refractivity contribution in [2.24, 2.45) is 0 Å². The van der Waals surface area contributed by atoms with Gasteiger partial charge in [-0.25, -0.2) is 9.59 Å². The highest BCUT2D eigenvalue weighted by Gasteiger charge is 2.26. The van der Waals surface area contributed by atoms with Gasteiger partial charge in [-0.1, -0.05) is 6.58 Å². The van der Waals surface area contributed by atoms with E-state index in [4.69, 9.17) is 4.74 Å². The molecule has 0 saturated carbocycles.